The summed E-state index contributed by atoms with van der Waals surface area (Å²) in [5.41, 5.74) is 6.82. The van der Waals surface area contributed by atoms with Gasteiger partial charge in [0.15, 0.2) is 9.84 Å². The van der Waals surface area contributed by atoms with E-state index in [9.17, 15) is 13.2 Å². The molecule has 0 unspecified atom stereocenters. The van der Waals surface area contributed by atoms with Gasteiger partial charge in [-0.05, 0) is 52.9 Å². The molecule has 2 aromatic carbocycles. The number of nitrogens with zero attached hydrogens (tertiary/aromatic N) is 4. The van der Waals surface area contributed by atoms with Crippen LogP contribution in [-0.4, -0.2) is 46.3 Å². The molecule has 0 spiro atoms. The first-order valence-corrected chi connectivity index (χ1v) is 10.7. The Morgan fingerprint density at radius 3 is 2.68 bits per heavy atom. The Hall–Kier alpha value is -2.63. The highest BCUT2D eigenvalue weighted by molar-refractivity contribution is 8.13. The maximum Gasteiger partial charge on any atom is 0.375 e. The number of nitrogen functional groups attached to an aromatic ring is 1. The van der Waals surface area contributed by atoms with Crippen molar-refractivity contribution in [1.82, 2.24) is 20.2 Å². The van der Waals surface area contributed by atoms with E-state index in [0.29, 0.717) is 28.2 Å². The summed E-state index contributed by atoms with van der Waals surface area (Å²) in [7, 11) is -3.60. The summed E-state index contributed by atoms with van der Waals surface area (Å²) in [4.78, 5) is 12.1. The van der Waals surface area contributed by atoms with E-state index in [-0.39, 0.29) is 22.4 Å². The zero-order valence-corrected chi connectivity index (χ0v) is 16.6. The second-order valence-electron chi connectivity index (χ2n) is 5.44. The summed E-state index contributed by atoms with van der Waals surface area (Å²) in [6.07, 6.45) is 0. The molecule has 1 aromatic heterocycles. The van der Waals surface area contributed by atoms with Crippen molar-refractivity contribution in [1.29, 1.82) is 0 Å². The molecule has 0 radical (unpaired) electrons. The molecule has 3 aromatic rings. The molecular formula is C16H14ClN5O4S2. The van der Waals surface area contributed by atoms with Crippen LogP contribution in [0, 0.1) is 0 Å². The first-order valence-electron chi connectivity index (χ1n) is 7.82. The number of anilines is 1. The second kappa shape index (κ2) is 8.59. The van der Waals surface area contributed by atoms with E-state index in [1.54, 1.807) is 24.3 Å². The van der Waals surface area contributed by atoms with E-state index in [2.05, 4.69) is 15.5 Å². The molecule has 3 rings (SSSR count). The van der Waals surface area contributed by atoms with Gasteiger partial charge >= 0.3 is 5.30 Å². The van der Waals surface area contributed by atoms with Crippen LogP contribution in [0.3, 0.4) is 0 Å². The van der Waals surface area contributed by atoms with Gasteiger partial charge in [-0.25, -0.2) is 13.2 Å². The predicted octanol–water partition coefficient (Wildman–Crippen LogP) is 2.60. The van der Waals surface area contributed by atoms with Gasteiger partial charge < -0.3 is 10.5 Å². The van der Waals surface area contributed by atoms with Gasteiger partial charge in [0.1, 0.15) is 6.61 Å². The second-order valence-corrected chi connectivity index (χ2v) is 8.89. The fourth-order valence-electron chi connectivity index (χ4n) is 2.16. The minimum Gasteiger partial charge on any atom is -0.456 e. The monoisotopic (exact) mass is 439 g/mol. The third-order valence-electron chi connectivity index (χ3n) is 3.48. The first-order chi connectivity index (χ1) is 13.3. The topological polar surface area (TPSA) is 130 Å². The van der Waals surface area contributed by atoms with Crippen molar-refractivity contribution in [2.75, 3.05) is 18.1 Å². The van der Waals surface area contributed by atoms with E-state index >= 15 is 0 Å². The number of ether oxygens (including phenoxy) is 1. The Bertz CT molecular complexity index is 1090. The SMILES string of the molecule is Nc1cccc(-n2nnnc2SC(=O)OCCS(=O)(=O)c2ccc(Cl)cc2)c1. The van der Waals surface area contributed by atoms with Crippen molar-refractivity contribution in [3.63, 3.8) is 0 Å². The van der Waals surface area contributed by atoms with Gasteiger partial charge in [-0.15, -0.1) is 5.10 Å². The average molecular weight is 440 g/mol. The van der Waals surface area contributed by atoms with E-state index in [1.165, 1.54) is 28.9 Å². The standard InChI is InChI=1S/C16H14ClN5O4S2/c17-11-4-6-14(7-5-11)28(24,25)9-8-26-16(23)27-15-19-20-21-22(15)13-3-1-2-12(18)10-13/h1-7,10H,8-9,18H2. The van der Waals surface area contributed by atoms with Crippen LogP contribution in [0.15, 0.2) is 58.6 Å². The third kappa shape index (κ3) is 5.00. The minimum atomic E-state index is -3.60. The zero-order valence-electron chi connectivity index (χ0n) is 14.2. The zero-order chi connectivity index (χ0) is 20.1. The molecule has 0 amide bonds. The van der Waals surface area contributed by atoms with Crippen LogP contribution in [0.5, 0.6) is 0 Å². The fraction of sp³-hybridized carbons (Fsp3) is 0.125. The van der Waals surface area contributed by atoms with Gasteiger partial charge in [-0.2, -0.15) is 4.68 Å². The molecule has 9 nitrogen and oxygen atoms in total. The number of rotatable bonds is 6. The van der Waals surface area contributed by atoms with E-state index < -0.39 is 15.1 Å². The summed E-state index contributed by atoms with van der Waals surface area (Å²) >= 11 is 6.39. The van der Waals surface area contributed by atoms with Crippen LogP contribution in [-0.2, 0) is 14.6 Å². The average Bonchev–Trinajstić information content (AvgIpc) is 3.10. The predicted molar refractivity (Wildman–Crippen MR) is 104 cm³/mol. The van der Waals surface area contributed by atoms with Crippen molar-refractivity contribution in [3.8, 4) is 5.69 Å². The van der Waals surface area contributed by atoms with Crippen molar-refractivity contribution in [2.24, 2.45) is 0 Å². The molecule has 0 aliphatic rings. The minimum absolute atomic E-state index is 0.103. The van der Waals surface area contributed by atoms with Crippen LogP contribution in [0.25, 0.3) is 5.69 Å². The lowest BCUT2D eigenvalue weighted by atomic mass is 10.3. The Balaban J connectivity index is 1.58. The van der Waals surface area contributed by atoms with Gasteiger partial charge in [0.2, 0.25) is 5.16 Å². The smallest absolute Gasteiger partial charge is 0.375 e. The third-order valence-corrected chi connectivity index (χ3v) is 6.14. The van der Waals surface area contributed by atoms with Crippen LogP contribution in [0.2, 0.25) is 5.02 Å². The Morgan fingerprint density at radius 1 is 1.21 bits per heavy atom. The highest BCUT2D eigenvalue weighted by Gasteiger charge is 2.18. The number of thioether (sulfide) groups is 1. The van der Waals surface area contributed by atoms with E-state index in [4.69, 9.17) is 22.1 Å². The quantitative estimate of drug-likeness (QED) is 0.349. The first kappa shape index (κ1) is 20.1. The highest BCUT2D eigenvalue weighted by atomic mass is 35.5. The molecule has 146 valence electrons. The molecular weight excluding hydrogens is 426 g/mol. The number of benzene rings is 2. The maximum atomic E-state index is 12.2. The summed E-state index contributed by atoms with van der Waals surface area (Å²) in [5.74, 6) is -0.360. The molecule has 0 saturated carbocycles. The van der Waals surface area contributed by atoms with Crippen LogP contribution < -0.4 is 5.73 Å². The number of sulfone groups is 1. The number of carbonyl (C=O) groups excluding carboxylic acids is 1. The van der Waals surface area contributed by atoms with Gasteiger partial charge in [0.05, 0.1) is 16.3 Å². The number of hydrogen-bond donors (Lipinski definition) is 1. The summed E-state index contributed by atoms with van der Waals surface area (Å²) in [5, 5.41) is 11.0. The number of tetrazole rings is 1. The lowest BCUT2D eigenvalue weighted by molar-refractivity contribution is 0.182. The molecule has 2 N–H and O–H groups in total. The lowest BCUT2D eigenvalue weighted by Gasteiger charge is -2.07. The Morgan fingerprint density at radius 2 is 1.96 bits per heavy atom. The van der Waals surface area contributed by atoms with Crippen LogP contribution in [0.4, 0.5) is 10.5 Å². The summed E-state index contributed by atoms with van der Waals surface area (Å²) < 4.78 is 30.8. The number of carbonyl (C=O) groups is 1. The molecule has 28 heavy (non-hydrogen) atoms. The normalized spacial score (nSPS) is 11.3. The van der Waals surface area contributed by atoms with Gasteiger partial charge in [0.25, 0.3) is 0 Å². The molecule has 1 heterocycles. The Labute approximate surface area is 169 Å². The molecule has 0 bridgehead atoms. The maximum absolute atomic E-state index is 12.2. The van der Waals surface area contributed by atoms with Crippen LogP contribution in [0.1, 0.15) is 0 Å². The number of aromatic nitrogens is 4. The van der Waals surface area contributed by atoms with Crippen molar-refractivity contribution in [3.05, 3.63) is 53.6 Å². The van der Waals surface area contributed by atoms with Crippen LogP contribution >= 0.6 is 23.4 Å². The molecule has 0 fully saturated rings. The lowest BCUT2D eigenvalue weighted by Crippen LogP contribution is -2.14. The van der Waals surface area contributed by atoms with E-state index in [0.717, 1.165) is 0 Å². The number of halogens is 1. The Kier molecular flexibility index (Phi) is 6.17. The highest BCUT2D eigenvalue weighted by Crippen LogP contribution is 2.21. The molecule has 0 aliphatic heterocycles. The van der Waals surface area contributed by atoms with Crippen molar-refractivity contribution >= 4 is 44.2 Å². The number of hydrogen-bond acceptors (Lipinski definition) is 9. The summed E-state index contributed by atoms with van der Waals surface area (Å²) in [6.45, 7) is -0.309. The van der Waals surface area contributed by atoms with Gasteiger partial charge in [0, 0.05) is 22.5 Å². The molecule has 0 aliphatic carbocycles. The molecule has 0 atom stereocenters. The molecule has 0 saturated heterocycles. The van der Waals surface area contributed by atoms with Crippen molar-refractivity contribution < 1.29 is 17.9 Å². The van der Waals surface area contributed by atoms with E-state index in [1.807, 2.05) is 0 Å². The fourth-order valence-corrected chi connectivity index (χ4v) is 3.97. The molecule has 12 heteroatoms. The number of nitrogens with two attached hydrogens (primary N) is 1. The van der Waals surface area contributed by atoms with Gasteiger partial charge in [-0.3, -0.25) is 0 Å². The largest absolute Gasteiger partial charge is 0.456 e. The summed E-state index contributed by atoms with van der Waals surface area (Å²) in [6, 6.07) is 12.5. The van der Waals surface area contributed by atoms with Gasteiger partial charge in [-0.1, -0.05) is 17.7 Å². The van der Waals surface area contributed by atoms with Crippen molar-refractivity contribution in [2.45, 2.75) is 10.1 Å².